The molecule has 0 unspecified atom stereocenters. The fourth-order valence-electron chi connectivity index (χ4n) is 1.79. The summed E-state index contributed by atoms with van der Waals surface area (Å²) in [6.45, 7) is 1.37. The molecule has 0 saturated carbocycles. The van der Waals surface area contributed by atoms with Crippen molar-refractivity contribution in [1.29, 1.82) is 0 Å². The molecule has 0 aliphatic carbocycles. The van der Waals surface area contributed by atoms with Gasteiger partial charge in [0.1, 0.15) is 0 Å². The highest BCUT2D eigenvalue weighted by Gasteiger charge is 2.15. The summed E-state index contributed by atoms with van der Waals surface area (Å²) in [5, 5.41) is 3.44. The Kier molecular flexibility index (Phi) is 5.88. The van der Waals surface area contributed by atoms with Crippen LogP contribution in [-0.4, -0.2) is 18.5 Å². The topological polar surface area (TPSA) is 55.4 Å². The van der Waals surface area contributed by atoms with Crippen LogP contribution in [-0.2, 0) is 9.53 Å². The van der Waals surface area contributed by atoms with Crippen LogP contribution >= 0.6 is 34.8 Å². The van der Waals surface area contributed by atoms with Crippen LogP contribution in [0.2, 0.25) is 15.1 Å². The second-order valence-corrected chi connectivity index (χ2v) is 5.91. The van der Waals surface area contributed by atoms with E-state index >= 15 is 0 Å². The van der Waals surface area contributed by atoms with Gasteiger partial charge in [0, 0.05) is 10.7 Å². The Morgan fingerprint density at radius 1 is 1.13 bits per heavy atom. The molecule has 2 aromatic carbocycles. The first-order chi connectivity index (χ1) is 10.9. The molecule has 1 amide bonds. The van der Waals surface area contributed by atoms with Gasteiger partial charge in [0.25, 0.3) is 5.91 Å². The van der Waals surface area contributed by atoms with Gasteiger partial charge in [0.05, 0.1) is 15.6 Å². The Morgan fingerprint density at radius 3 is 2.61 bits per heavy atom. The number of carbonyl (C=O) groups is 2. The minimum absolute atomic E-state index is 0.0882. The fraction of sp³-hybridized carbons (Fsp3) is 0.125. The second kappa shape index (κ2) is 7.68. The Morgan fingerprint density at radius 2 is 1.87 bits per heavy atom. The van der Waals surface area contributed by atoms with Crippen LogP contribution in [0.15, 0.2) is 36.4 Å². The van der Waals surface area contributed by atoms with Crippen molar-refractivity contribution in [2.75, 3.05) is 11.9 Å². The quantitative estimate of drug-likeness (QED) is 0.788. The highest BCUT2D eigenvalue weighted by atomic mass is 35.5. The summed E-state index contributed by atoms with van der Waals surface area (Å²) in [5.74, 6) is -1.21. The van der Waals surface area contributed by atoms with Crippen molar-refractivity contribution in [3.05, 3.63) is 62.6 Å². The largest absolute Gasteiger partial charge is 0.452 e. The molecule has 0 atom stereocenters. The van der Waals surface area contributed by atoms with Crippen molar-refractivity contribution in [2.45, 2.75) is 6.92 Å². The van der Waals surface area contributed by atoms with Crippen molar-refractivity contribution in [3.8, 4) is 0 Å². The number of hydrogen-bond acceptors (Lipinski definition) is 3. The van der Waals surface area contributed by atoms with E-state index in [1.165, 1.54) is 6.07 Å². The lowest BCUT2D eigenvalue weighted by Gasteiger charge is -2.10. The van der Waals surface area contributed by atoms with Gasteiger partial charge >= 0.3 is 5.97 Å². The minimum atomic E-state index is -0.726. The van der Waals surface area contributed by atoms with Gasteiger partial charge in [-0.25, -0.2) is 4.79 Å². The normalized spacial score (nSPS) is 10.3. The molecular weight excluding hydrogens is 361 g/mol. The van der Waals surface area contributed by atoms with Crippen LogP contribution in [0.4, 0.5) is 5.69 Å². The van der Waals surface area contributed by atoms with Crippen molar-refractivity contribution < 1.29 is 14.3 Å². The average molecular weight is 373 g/mol. The standard InChI is InChI=1S/C16H12Cl3NO3/c1-9-5-6-10(17)7-13(9)20-14(21)8-23-16(22)11-3-2-4-12(18)15(11)19/h2-7H,8H2,1H3,(H,20,21). The summed E-state index contributed by atoms with van der Waals surface area (Å²) in [7, 11) is 0. The maximum absolute atomic E-state index is 11.9. The number of benzene rings is 2. The van der Waals surface area contributed by atoms with E-state index in [2.05, 4.69) is 5.32 Å². The van der Waals surface area contributed by atoms with E-state index in [1.807, 2.05) is 6.92 Å². The highest BCUT2D eigenvalue weighted by molar-refractivity contribution is 6.43. The molecule has 0 saturated heterocycles. The monoisotopic (exact) mass is 371 g/mol. The third-order valence-electron chi connectivity index (χ3n) is 2.98. The number of halogens is 3. The second-order valence-electron chi connectivity index (χ2n) is 4.68. The van der Waals surface area contributed by atoms with Crippen molar-refractivity contribution in [2.24, 2.45) is 0 Å². The first kappa shape index (κ1) is 17.6. The Labute approximate surface area is 148 Å². The fourth-order valence-corrected chi connectivity index (χ4v) is 2.34. The lowest BCUT2D eigenvalue weighted by atomic mass is 10.2. The van der Waals surface area contributed by atoms with Crippen LogP contribution in [0.1, 0.15) is 15.9 Å². The van der Waals surface area contributed by atoms with Crippen LogP contribution in [0, 0.1) is 6.92 Å². The third kappa shape index (κ3) is 4.61. The number of carbonyl (C=O) groups excluding carboxylic acids is 2. The molecule has 0 spiro atoms. The van der Waals surface area contributed by atoms with Gasteiger partial charge in [-0.1, -0.05) is 46.9 Å². The van der Waals surface area contributed by atoms with Crippen molar-refractivity contribution >= 4 is 52.4 Å². The molecule has 7 heteroatoms. The number of esters is 1. The van der Waals surface area contributed by atoms with Gasteiger partial charge in [-0.3, -0.25) is 4.79 Å². The molecule has 0 aromatic heterocycles. The van der Waals surface area contributed by atoms with E-state index in [0.29, 0.717) is 10.7 Å². The first-order valence-electron chi connectivity index (χ1n) is 6.55. The molecule has 2 rings (SSSR count). The summed E-state index contributed by atoms with van der Waals surface area (Å²) in [5.41, 5.74) is 1.50. The lowest BCUT2D eigenvalue weighted by Crippen LogP contribution is -2.21. The number of aryl methyl sites for hydroxylation is 1. The molecule has 2 aromatic rings. The van der Waals surface area contributed by atoms with Crippen LogP contribution in [0.3, 0.4) is 0 Å². The zero-order chi connectivity index (χ0) is 17.0. The molecule has 4 nitrogen and oxygen atoms in total. The van der Waals surface area contributed by atoms with Gasteiger partial charge in [0.15, 0.2) is 6.61 Å². The summed E-state index contributed by atoms with van der Waals surface area (Å²) < 4.78 is 4.94. The number of amides is 1. The molecule has 1 N–H and O–H groups in total. The first-order valence-corrected chi connectivity index (χ1v) is 7.69. The van der Waals surface area contributed by atoms with Crippen LogP contribution in [0.25, 0.3) is 0 Å². The number of anilines is 1. The average Bonchev–Trinajstić information content (AvgIpc) is 2.51. The van der Waals surface area contributed by atoms with E-state index in [4.69, 9.17) is 39.5 Å². The predicted octanol–water partition coefficient (Wildman–Crippen LogP) is 4.75. The summed E-state index contributed by atoms with van der Waals surface area (Å²) in [6.07, 6.45) is 0. The molecule has 0 bridgehead atoms. The summed E-state index contributed by atoms with van der Waals surface area (Å²) in [4.78, 5) is 23.8. The van der Waals surface area contributed by atoms with Gasteiger partial charge in [-0.05, 0) is 36.8 Å². The van der Waals surface area contributed by atoms with Crippen molar-refractivity contribution in [1.82, 2.24) is 0 Å². The van der Waals surface area contributed by atoms with Gasteiger partial charge in [-0.2, -0.15) is 0 Å². The molecule has 0 heterocycles. The lowest BCUT2D eigenvalue weighted by molar-refractivity contribution is -0.119. The Bertz CT molecular complexity index is 762. The van der Waals surface area contributed by atoms with E-state index in [1.54, 1.807) is 30.3 Å². The zero-order valence-corrected chi connectivity index (χ0v) is 14.3. The SMILES string of the molecule is Cc1ccc(Cl)cc1NC(=O)COC(=O)c1cccc(Cl)c1Cl. The predicted molar refractivity (Wildman–Crippen MR) is 91.6 cm³/mol. The summed E-state index contributed by atoms with van der Waals surface area (Å²) >= 11 is 17.6. The molecule has 120 valence electrons. The van der Waals surface area contributed by atoms with Gasteiger partial charge in [0.2, 0.25) is 0 Å². The van der Waals surface area contributed by atoms with E-state index in [0.717, 1.165) is 5.56 Å². The maximum atomic E-state index is 11.9. The molecule has 23 heavy (non-hydrogen) atoms. The molecule has 0 radical (unpaired) electrons. The smallest absolute Gasteiger partial charge is 0.340 e. The number of nitrogens with one attached hydrogen (secondary N) is 1. The Hall–Kier alpha value is -1.75. The zero-order valence-electron chi connectivity index (χ0n) is 12.0. The van der Waals surface area contributed by atoms with E-state index in [9.17, 15) is 9.59 Å². The van der Waals surface area contributed by atoms with E-state index in [-0.39, 0.29) is 15.6 Å². The molecule has 0 aliphatic heterocycles. The van der Waals surface area contributed by atoms with Crippen LogP contribution < -0.4 is 5.32 Å². The Balaban J connectivity index is 1.98. The number of hydrogen-bond donors (Lipinski definition) is 1. The van der Waals surface area contributed by atoms with Gasteiger partial charge in [-0.15, -0.1) is 0 Å². The van der Waals surface area contributed by atoms with Crippen molar-refractivity contribution in [3.63, 3.8) is 0 Å². The summed E-state index contributed by atoms with van der Waals surface area (Å²) in [6, 6.07) is 9.69. The number of rotatable bonds is 4. The highest BCUT2D eigenvalue weighted by Crippen LogP contribution is 2.26. The third-order valence-corrected chi connectivity index (χ3v) is 4.03. The molecule has 0 aliphatic rings. The maximum Gasteiger partial charge on any atom is 0.340 e. The van der Waals surface area contributed by atoms with E-state index < -0.39 is 18.5 Å². The minimum Gasteiger partial charge on any atom is -0.452 e. The molecular formula is C16H12Cl3NO3. The van der Waals surface area contributed by atoms with Crippen LogP contribution in [0.5, 0.6) is 0 Å². The number of ether oxygens (including phenoxy) is 1. The molecule has 0 fully saturated rings. The van der Waals surface area contributed by atoms with Gasteiger partial charge < -0.3 is 10.1 Å².